The molecule has 0 unspecified atom stereocenters. The average Bonchev–Trinajstić information content (AvgIpc) is 3.42. The van der Waals surface area contributed by atoms with Crippen LogP contribution < -0.4 is 10.1 Å². The lowest BCUT2D eigenvalue weighted by atomic mass is 10.0. The van der Waals surface area contributed by atoms with Crippen molar-refractivity contribution in [2.45, 2.75) is 32.5 Å². The number of benzene rings is 3. The van der Waals surface area contributed by atoms with Gasteiger partial charge in [-0.25, -0.2) is 0 Å². The van der Waals surface area contributed by atoms with Gasteiger partial charge in [-0.15, -0.1) is 11.3 Å². The Morgan fingerprint density at radius 2 is 1.61 bits per heavy atom. The lowest BCUT2D eigenvalue weighted by Crippen LogP contribution is -2.43. The van der Waals surface area contributed by atoms with Gasteiger partial charge in [0.2, 0.25) is 11.8 Å². The van der Waals surface area contributed by atoms with Crippen molar-refractivity contribution in [2.24, 2.45) is 0 Å². The minimum atomic E-state index is -0.774. The van der Waals surface area contributed by atoms with Crippen LogP contribution in [0, 0.1) is 6.92 Å². The Morgan fingerprint density at radius 1 is 0.889 bits per heavy atom. The van der Waals surface area contributed by atoms with Crippen LogP contribution in [-0.2, 0) is 29.1 Å². The highest BCUT2D eigenvalue weighted by molar-refractivity contribution is 7.10. The molecule has 4 rings (SSSR count). The summed E-state index contributed by atoms with van der Waals surface area (Å²) in [4.78, 5) is 30.1. The fraction of sp³-hybridized carbons (Fsp3) is 0.200. The summed E-state index contributed by atoms with van der Waals surface area (Å²) in [6.07, 6.45) is 0.238. The lowest BCUT2D eigenvalue weighted by Gasteiger charge is -2.32. The second-order valence-corrected chi connectivity index (χ2v) is 9.67. The second kappa shape index (κ2) is 12.2. The van der Waals surface area contributed by atoms with Gasteiger partial charge in [-0.2, -0.15) is 0 Å². The molecule has 4 aromatic rings. The van der Waals surface area contributed by atoms with Crippen LogP contribution in [0.4, 0.5) is 0 Å². The van der Waals surface area contributed by atoms with Crippen LogP contribution >= 0.6 is 11.3 Å². The first-order chi connectivity index (χ1) is 17.5. The van der Waals surface area contributed by atoms with Crippen LogP contribution in [0.25, 0.3) is 0 Å². The van der Waals surface area contributed by atoms with Gasteiger partial charge in [0.25, 0.3) is 0 Å². The minimum Gasteiger partial charge on any atom is -0.497 e. The van der Waals surface area contributed by atoms with Crippen molar-refractivity contribution in [1.82, 2.24) is 10.2 Å². The highest BCUT2D eigenvalue weighted by atomic mass is 32.1. The van der Waals surface area contributed by atoms with E-state index in [2.05, 4.69) is 5.32 Å². The quantitative estimate of drug-likeness (QED) is 0.305. The number of carbonyl (C=O) groups excluding carboxylic acids is 2. The predicted octanol–water partition coefficient (Wildman–Crippen LogP) is 5.69. The molecule has 184 valence electrons. The van der Waals surface area contributed by atoms with E-state index in [4.69, 9.17) is 4.74 Å². The molecule has 0 aliphatic heterocycles. The van der Waals surface area contributed by atoms with Crippen molar-refractivity contribution in [2.75, 3.05) is 7.11 Å². The largest absolute Gasteiger partial charge is 0.497 e. The van der Waals surface area contributed by atoms with E-state index < -0.39 is 6.04 Å². The zero-order chi connectivity index (χ0) is 25.3. The van der Waals surface area contributed by atoms with Crippen LogP contribution in [0.2, 0.25) is 0 Å². The number of rotatable bonds is 10. The Bertz CT molecular complexity index is 1250. The van der Waals surface area contributed by atoms with E-state index in [9.17, 15) is 9.59 Å². The molecule has 0 aliphatic carbocycles. The number of amides is 2. The number of hydrogen-bond acceptors (Lipinski definition) is 4. The molecule has 0 spiro atoms. The molecule has 0 saturated heterocycles. The van der Waals surface area contributed by atoms with E-state index in [1.807, 2.05) is 103 Å². The molecule has 2 amide bonds. The van der Waals surface area contributed by atoms with Crippen molar-refractivity contribution in [3.05, 3.63) is 124 Å². The number of hydrogen-bond donors (Lipinski definition) is 1. The third-order valence-electron chi connectivity index (χ3n) is 6.00. The third kappa shape index (κ3) is 6.61. The highest BCUT2D eigenvalue weighted by Gasteiger charge is 2.31. The third-order valence-corrected chi connectivity index (χ3v) is 6.88. The van der Waals surface area contributed by atoms with E-state index in [-0.39, 0.29) is 18.2 Å². The minimum absolute atomic E-state index is 0.103. The molecule has 0 aliphatic rings. The van der Waals surface area contributed by atoms with Crippen LogP contribution in [0.3, 0.4) is 0 Å². The molecule has 0 saturated carbocycles. The summed E-state index contributed by atoms with van der Waals surface area (Å²) in [5, 5.41) is 5.02. The molecular formula is C30H30N2O3S. The maximum absolute atomic E-state index is 13.7. The number of ether oxygens (including phenoxy) is 1. The Morgan fingerprint density at radius 3 is 2.25 bits per heavy atom. The SMILES string of the molecule is COc1ccc(CN(C(=O)Cc2cccs2)[C@H](C(=O)NCc2ccccc2)c2ccc(C)cc2)cc1. The number of methoxy groups -OCH3 is 1. The highest BCUT2D eigenvalue weighted by Crippen LogP contribution is 2.27. The molecule has 5 nitrogen and oxygen atoms in total. The molecule has 0 fully saturated rings. The molecular weight excluding hydrogens is 468 g/mol. The van der Waals surface area contributed by atoms with Crippen molar-refractivity contribution >= 4 is 23.2 Å². The zero-order valence-corrected chi connectivity index (χ0v) is 21.3. The van der Waals surface area contributed by atoms with Gasteiger partial charge in [-0.3, -0.25) is 9.59 Å². The molecule has 1 atom stereocenters. The van der Waals surface area contributed by atoms with Crippen molar-refractivity contribution in [1.29, 1.82) is 0 Å². The first-order valence-electron chi connectivity index (χ1n) is 11.9. The number of aryl methyl sites for hydroxylation is 1. The van der Waals surface area contributed by atoms with Gasteiger partial charge in [0.15, 0.2) is 0 Å². The predicted molar refractivity (Wildman–Crippen MR) is 144 cm³/mol. The molecule has 1 heterocycles. The van der Waals surface area contributed by atoms with Crippen LogP contribution in [0.5, 0.6) is 5.75 Å². The molecule has 36 heavy (non-hydrogen) atoms. The molecule has 0 bridgehead atoms. The van der Waals surface area contributed by atoms with Gasteiger partial charge in [0.05, 0.1) is 13.5 Å². The van der Waals surface area contributed by atoms with Crippen LogP contribution in [-0.4, -0.2) is 23.8 Å². The Hall–Kier alpha value is -3.90. The lowest BCUT2D eigenvalue weighted by molar-refractivity contribution is -0.141. The first kappa shape index (κ1) is 25.2. The van der Waals surface area contributed by atoms with Gasteiger partial charge in [-0.1, -0.05) is 78.4 Å². The topological polar surface area (TPSA) is 58.6 Å². The van der Waals surface area contributed by atoms with E-state index in [0.717, 1.165) is 32.9 Å². The van der Waals surface area contributed by atoms with Crippen molar-refractivity contribution in [3.8, 4) is 5.75 Å². The van der Waals surface area contributed by atoms with Crippen molar-refractivity contribution < 1.29 is 14.3 Å². The summed E-state index contributed by atoms with van der Waals surface area (Å²) in [5.41, 5.74) is 3.79. The van der Waals surface area contributed by atoms with Crippen LogP contribution in [0.15, 0.2) is 96.4 Å². The van der Waals surface area contributed by atoms with E-state index in [1.165, 1.54) is 0 Å². The van der Waals surface area contributed by atoms with E-state index >= 15 is 0 Å². The van der Waals surface area contributed by atoms with E-state index in [1.54, 1.807) is 23.3 Å². The fourth-order valence-electron chi connectivity index (χ4n) is 4.02. The number of thiophene rings is 1. The first-order valence-corrected chi connectivity index (χ1v) is 12.7. The zero-order valence-electron chi connectivity index (χ0n) is 20.5. The van der Waals surface area contributed by atoms with Gasteiger partial charge >= 0.3 is 0 Å². The second-order valence-electron chi connectivity index (χ2n) is 8.64. The normalized spacial score (nSPS) is 11.5. The number of carbonyl (C=O) groups is 2. The van der Waals surface area contributed by atoms with Gasteiger partial charge in [-0.05, 0) is 47.2 Å². The smallest absolute Gasteiger partial charge is 0.247 e. The molecule has 3 aromatic carbocycles. The monoisotopic (exact) mass is 498 g/mol. The molecule has 1 N–H and O–H groups in total. The van der Waals surface area contributed by atoms with Gasteiger partial charge < -0.3 is 15.0 Å². The summed E-state index contributed by atoms with van der Waals surface area (Å²) < 4.78 is 5.29. The molecule has 6 heteroatoms. The Balaban J connectivity index is 1.67. The summed E-state index contributed by atoms with van der Waals surface area (Å²) in [6.45, 7) is 2.69. The molecule has 1 aromatic heterocycles. The summed E-state index contributed by atoms with van der Waals surface area (Å²) in [6, 6.07) is 28.3. The maximum atomic E-state index is 13.7. The Kier molecular flexibility index (Phi) is 8.53. The number of nitrogens with zero attached hydrogens (tertiary/aromatic N) is 1. The van der Waals surface area contributed by atoms with E-state index in [0.29, 0.717) is 13.1 Å². The fourth-order valence-corrected chi connectivity index (χ4v) is 4.71. The molecule has 0 radical (unpaired) electrons. The Labute approximate surface area is 216 Å². The summed E-state index contributed by atoms with van der Waals surface area (Å²) >= 11 is 1.54. The maximum Gasteiger partial charge on any atom is 0.247 e. The number of nitrogens with one attached hydrogen (secondary N) is 1. The summed E-state index contributed by atoms with van der Waals surface area (Å²) in [7, 11) is 1.62. The van der Waals surface area contributed by atoms with Crippen LogP contribution in [0.1, 0.15) is 33.2 Å². The average molecular weight is 499 g/mol. The standard InChI is InChI=1S/C30H30N2O3S/c1-22-10-14-25(15-11-22)29(30(34)31-20-23-7-4-3-5-8-23)32(28(33)19-27-9-6-18-36-27)21-24-12-16-26(35-2)17-13-24/h3-18,29H,19-21H2,1-2H3,(H,31,34)/t29-/m0/s1. The summed E-state index contributed by atoms with van der Waals surface area (Å²) in [5.74, 6) is 0.426. The van der Waals surface area contributed by atoms with Gasteiger partial charge in [0.1, 0.15) is 11.8 Å². The van der Waals surface area contributed by atoms with Gasteiger partial charge in [0, 0.05) is 18.0 Å². The van der Waals surface area contributed by atoms with Crippen molar-refractivity contribution in [3.63, 3.8) is 0 Å².